The number of halogens is 2. The first-order valence-electron chi connectivity index (χ1n) is 8.42. The van der Waals surface area contributed by atoms with Gasteiger partial charge in [-0.15, -0.1) is 0 Å². The fourth-order valence-electron chi connectivity index (χ4n) is 3.21. The monoisotopic (exact) mass is 435 g/mol. The molecule has 1 N–H and O–H groups in total. The average molecular weight is 437 g/mol. The van der Waals surface area contributed by atoms with Crippen LogP contribution in [0.1, 0.15) is 5.56 Å². The Morgan fingerprint density at radius 1 is 1.19 bits per heavy atom. The highest BCUT2D eigenvalue weighted by molar-refractivity contribution is 9.10. The number of ether oxygens (including phenoxy) is 1. The summed E-state index contributed by atoms with van der Waals surface area (Å²) in [5, 5.41) is 3.93. The maximum absolute atomic E-state index is 6.31. The number of methoxy groups -OCH3 is 1. The number of piperazine rings is 1. The van der Waals surface area contributed by atoms with Crippen molar-refractivity contribution in [2.24, 2.45) is 0 Å². The van der Waals surface area contributed by atoms with Crippen molar-refractivity contribution in [3.63, 3.8) is 0 Å². The number of imidazole rings is 1. The van der Waals surface area contributed by atoms with E-state index < -0.39 is 0 Å². The number of anilines is 1. The van der Waals surface area contributed by atoms with Crippen LogP contribution in [0.4, 0.5) is 5.82 Å². The summed E-state index contributed by atoms with van der Waals surface area (Å²) in [6.45, 7) is 5.81. The zero-order valence-corrected chi connectivity index (χ0v) is 16.9. The second-order valence-corrected chi connectivity index (χ2v) is 7.55. The number of nitrogens with zero attached hydrogens (tertiary/aromatic N) is 4. The SMILES string of the molecule is COc1cc(C)c(-c2cn3cc(Br)c(N4CCNCC4)nc3n2)cc1Cl. The summed E-state index contributed by atoms with van der Waals surface area (Å²) in [5.74, 6) is 2.27. The van der Waals surface area contributed by atoms with E-state index in [0.29, 0.717) is 16.5 Å². The fourth-order valence-corrected chi connectivity index (χ4v) is 4.01. The molecule has 1 aliphatic rings. The Hall–Kier alpha value is -1.83. The van der Waals surface area contributed by atoms with Gasteiger partial charge in [0.05, 0.1) is 22.3 Å². The Kier molecular flexibility index (Phi) is 4.77. The molecule has 1 fully saturated rings. The zero-order chi connectivity index (χ0) is 18.3. The quantitative estimate of drug-likeness (QED) is 0.681. The van der Waals surface area contributed by atoms with Gasteiger partial charge in [0.15, 0.2) is 0 Å². The van der Waals surface area contributed by atoms with Gasteiger partial charge in [0.1, 0.15) is 11.6 Å². The molecule has 1 aliphatic heterocycles. The molecule has 0 bridgehead atoms. The van der Waals surface area contributed by atoms with Gasteiger partial charge in [-0.2, -0.15) is 4.98 Å². The topological polar surface area (TPSA) is 54.7 Å². The van der Waals surface area contributed by atoms with Crippen LogP contribution in [0, 0.1) is 6.92 Å². The summed E-state index contributed by atoms with van der Waals surface area (Å²) in [7, 11) is 1.62. The third-order valence-electron chi connectivity index (χ3n) is 4.58. The van der Waals surface area contributed by atoms with Gasteiger partial charge in [-0.05, 0) is 40.5 Å². The van der Waals surface area contributed by atoms with E-state index in [1.807, 2.05) is 35.9 Å². The van der Waals surface area contributed by atoms with Crippen molar-refractivity contribution in [1.82, 2.24) is 19.7 Å². The number of hydrogen-bond donors (Lipinski definition) is 1. The van der Waals surface area contributed by atoms with Gasteiger partial charge in [-0.25, -0.2) is 4.98 Å². The van der Waals surface area contributed by atoms with Crippen LogP contribution in [-0.2, 0) is 0 Å². The Morgan fingerprint density at radius 3 is 2.69 bits per heavy atom. The number of aryl methyl sites for hydroxylation is 1. The summed E-state index contributed by atoms with van der Waals surface area (Å²) in [6.07, 6.45) is 3.98. The fraction of sp³-hybridized carbons (Fsp3) is 0.333. The smallest absolute Gasteiger partial charge is 0.236 e. The molecular formula is C18H19BrClN5O. The van der Waals surface area contributed by atoms with E-state index in [-0.39, 0.29) is 0 Å². The maximum Gasteiger partial charge on any atom is 0.236 e. The minimum atomic E-state index is 0.570. The van der Waals surface area contributed by atoms with Gasteiger partial charge >= 0.3 is 0 Å². The van der Waals surface area contributed by atoms with Crippen molar-refractivity contribution in [2.75, 3.05) is 38.2 Å². The van der Waals surface area contributed by atoms with Gasteiger partial charge in [0.2, 0.25) is 5.78 Å². The number of fused-ring (bicyclic) bond motifs is 1. The van der Waals surface area contributed by atoms with E-state index in [4.69, 9.17) is 26.3 Å². The molecule has 3 aromatic rings. The first-order chi connectivity index (χ1) is 12.6. The number of aromatic nitrogens is 3. The summed E-state index contributed by atoms with van der Waals surface area (Å²) < 4.78 is 8.18. The lowest BCUT2D eigenvalue weighted by molar-refractivity contribution is 0.415. The molecule has 0 spiro atoms. The van der Waals surface area contributed by atoms with Crippen molar-refractivity contribution >= 4 is 39.1 Å². The molecule has 26 heavy (non-hydrogen) atoms. The van der Waals surface area contributed by atoms with Crippen LogP contribution >= 0.6 is 27.5 Å². The zero-order valence-electron chi connectivity index (χ0n) is 14.6. The number of hydrogen-bond acceptors (Lipinski definition) is 5. The van der Waals surface area contributed by atoms with Crippen molar-refractivity contribution in [3.8, 4) is 17.0 Å². The van der Waals surface area contributed by atoms with Gasteiger partial charge in [0.25, 0.3) is 0 Å². The molecule has 1 saturated heterocycles. The molecule has 0 saturated carbocycles. The van der Waals surface area contributed by atoms with Crippen LogP contribution in [0.2, 0.25) is 5.02 Å². The van der Waals surface area contributed by atoms with E-state index in [0.717, 1.165) is 53.3 Å². The molecule has 6 nitrogen and oxygen atoms in total. The van der Waals surface area contributed by atoms with E-state index in [9.17, 15) is 0 Å². The summed E-state index contributed by atoms with van der Waals surface area (Å²) >= 11 is 9.96. The molecule has 2 aromatic heterocycles. The molecule has 8 heteroatoms. The molecule has 0 atom stereocenters. The van der Waals surface area contributed by atoms with E-state index in [1.54, 1.807) is 7.11 Å². The van der Waals surface area contributed by atoms with Crippen LogP contribution in [0.15, 0.2) is 29.0 Å². The lowest BCUT2D eigenvalue weighted by Crippen LogP contribution is -2.44. The minimum absolute atomic E-state index is 0.570. The van der Waals surface area contributed by atoms with Crippen molar-refractivity contribution in [3.05, 3.63) is 39.6 Å². The molecule has 3 heterocycles. The molecule has 0 aliphatic carbocycles. The van der Waals surface area contributed by atoms with Gasteiger partial charge in [0, 0.05) is 44.1 Å². The number of nitrogens with one attached hydrogen (secondary N) is 1. The molecule has 136 valence electrons. The number of benzene rings is 1. The average Bonchev–Trinajstić information content (AvgIpc) is 3.05. The van der Waals surface area contributed by atoms with Crippen molar-refractivity contribution < 1.29 is 4.74 Å². The van der Waals surface area contributed by atoms with Crippen LogP contribution in [0.3, 0.4) is 0 Å². The molecule has 0 amide bonds. The van der Waals surface area contributed by atoms with Crippen LogP contribution < -0.4 is 15.0 Å². The molecule has 0 unspecified atom stereocenters. The van der Waals surface area contributed by atoms with E-state index in [1.165, 1.54) is 0 Å². The highest BCUT2D eigenvalue weighted by Crippen LogP contribution is 2.34. The van der Waals surface area contributed by atoms with E-state index in [2.05, 4.69) is 26.1 Å². The molecule has 1 aromatic carbocycles. The Labute approximate surface area is 165 Å². The van der Waals surface area contributed by atoms with Crippen LogP contribution in [-0.4, -0.2) is 47.7 Å². The Morgan fingerprint density at radius 2 is 1.96 bits per heavy atom. The third kappa shape index (κ3) is 3.15. The van der Waals surface area contributed by atoms with Crippen molar-refractivity contribution in [1.29, 1.82) is 0 Å². The molecule has 0 radical (unpaired) electrons. The Bertz CT molecular complexity index is 968. The summed E-state index contributed by atoms with van der Waals surface area (Å²) in [5.41, 5.74) is 2.86. The largest absolute Gasteiger partial charge is 0.495 e. The highest BCUT2D eigenvalue weighted by Gasteiger charge is 2.18. The van der Waals surface area contributed by atoms with Gasteiger partial charge in [-0.3, -0.25) is 4.40 Å². The number of rotatable bonds is 3. The Balaban J connectivity index is 1.77. The summed E-state index contributed by atoms with van der Waals surface area (Å²) in [6, 6.07) is 3.82. The predicted octanol–water partition coefficient (Wildman–Crippen LogP) is 3.54. The predicted molar refractivity (Wildman–Crippen MR) is 108 cm³/mol. The first-order valence-corrected chi connectivity index (χ1v) is 9.59. The summed E-state index contributed by atoms with van der Waals surface area (Å²) in [4.78, 5) is 11.8. The van der Waals surface area contributed by atoms with Gasteiger partial charge < -0.3 is 15.0 Å². The lowest BCUT2D eigenvalue weighted by Gasteiger charge is -2.29. The van der Waals surface area contributed by atoms with E-state index >= 15 is 0 Å². The second kappa shape index (κ2) is 7.06. The normalized spacial score (nSPS) is 14.8. The minimum Gasteiger partial charge on any atom is -0.495 e. The molecule has 4 rings (SSSR count). The maximum atomic E-state index is 6.31. The van der Waals surface area contributed by atoms with Gasteiger partial charge in [-0.1, -0.05) is 11.6 Å². The highest BCUT2D eigenvalue weighted by atomic mass is 79.9. The second-order valence-electron chi connectivity index (χ2n) is 6.28. The molecular weight excluding hydrogens is 418 g/mol. The third-order valence-corrected chi connectivity index (χ3v) is 5.43. The van der Waals surface area contributed by atoms with Crippen molar-refractivity contribution in [2.45, 2.75) is 6.92 Å². The van der Waals surface area contributed by atoms with Crippen LogP contribution in [0.25, 0.3) is 17.0 Å². The first kappa shape index (κ1) is 17.6. The standard InChI is InChI=1S/C18H19BrClN5O/c1-11-7-16(26-2)14(20)8-12(11)15-10-25-9-13(19)17(23-18(25)22-15)24-5-3-21-4-6-24/h7-10,21H,3-6H2,1-2H3. The lowest BCUT2D eigenvalue weighted by atomic mass is 10.1. The van der Waals surface area contributed by atoms with Crippen LogP contribution in [0.5, 0.6) is 5.75 Å².